The summed E-state index contributed by atoms with van der Waals surface area (Å²) in [6.07, 6.45) is 1.46. The van der Waals surface area contributed by atoms with Crippen molar-refractivity contribution in [2.75, 3.05) is 68.1 Å². The highest BCUT2D eigenvalue weighted by Gasteiger charge is 2.51. The minimum absolute atomic E-state index is 0.113. The molecule has 11 heteroatoms. The number of ketones is 1. The number of likely N-dealkylation sites (tertiary alicyclic amines) is 1. The number of hydrogen-bond donors (Lipinski definition) is 1. The number of nitrogens with zero attached hydrogens (tertiary/aromatic N) is 3. The molecule has 0 aromatic rings. The lowest BCUT2D eigenvalue weighted by Gasteiger charge is -2.47. The average molecular weight is 642 g/mol. The topological polar surface area (TPSA) is 110 Å². The molecule has 3 saturated heterocycles. The summed E-state index contributed by atoms with van der Waals surface area (Å²) < 4.78 is 31.0. The van der Waals surface area contributed by atoms with Crippen molar-refractivity contribution in [3.05, 3.63) is 0 Å². The summed E-state index contributed by atoms with van der Waals surface area (Å²) in [6, 6.07) is -0.368. The molecule has 0 bridgehead atoms. The third-order valence-electron chi connectivity index (χ3n) is 10.6. The van der Waals surface area contributed by atoms with Crippen molar-refractivity contribution in [1.29, 1.82) is 0 Å². The molecule has 0 aliphatic carbocycles. The lowest BCUT2D eigenvalue weighted by molar-refractivity contribution is -0.295. The van der Waals surface area contributed by atoms with Gasteiger partial charge in [0.25, 0.3) is 0 Å². The van der Waals surface area contributed by atoms with Gasteiger partial charge >= 0.3 is 5.97 Å². The van der Waals surface area contributed by atoms with Crippen molar-refractivity contribution in [2.45, 2.75) is 122 Å². The highest BCUT2D eigenvalue weighted by molar-refractivity contribution is 6.04. The van der Waals surface area contributed by atoms with Gasteiger partial charge in [-0.2, -0.15) is 0 Å². The second-order valence-electron chi connectivity index (χ2n) is 15.0. The smallest absolute Gasteiger partial charge is 0.319 e. The SMILES string of the molecule is CO[C@H](CCN1CCCC1)[C@@H]1COC(=O)C(C)(C)C(=O)[C@H](C)[C@@H](O[C@@H]2O[C@H](C)C[C@H](N(C)C)[C@H]2O)[C@](C)(OC)C[C@@H](C)CN1C. The summed E-state index contributed by atoms with van der Waals surface area (Å²) >= 11 is 0. The van der Waals surface area contributed by atoms with Gasteiger partial charge in [0.1, 0.15) is 18.1 Å². The van der Waals surface area contributed by atoms with E-state index < -0.39 is 41.4 Å². The molecule has 0 saturated carbocycles. The molecule has 1 N–H and O–H groups in total. The quantitative estimate of drug-likeness (QED) is 0.297. The molecular formula is C34H63N3O8. The fourth-order valence-electron chi connectivity index (χ4n) is 7.74. The zero-order valence-corrected chi connectivity index (χ0v) is 29.9. The largest absolute Gasteiger partial charge is 0.463 e. The Bertz CT molecular complexity index is 960. The van der Waals surface area contributed by atoms with Gasteiger partial charge in [0.2, 0.25) is 0 Å². The number of likely N-dealkylation sites (N-methyl/N-ethyl adjacent to an activating group) is 2. The number of methoxy groups -OCH3 is 2. The third kappa shape index (κ3) is 9.25. The number of ether oxygens (including phenoxy) is 5. The summed E-state index contributed by atoms with van der Waals surface area (Å²) in [4.78, 5) is 34.6. The van der Waals surface area contributed by atoms with Crippen LogP contribution in [0, 0.1) is 17.3 Å². The van der Waals surface area contributed by atoms with Gasteiger partial charge in [-0.15, -0.1) is 0 Å². The normalized spacial score (nSPS) is 38.8. The molecule has 0 unspecified atom stereocenters. The molecule has 0 radical (unpaired) electrons. The van der Waals surface area contributed by atoms with Crippen LogP contribution in [-0.4, -0.2) is 148 Å². The number of Topliss-reactive ketones (excluding diaryl/α,β-unsaturated/α-hetero) is 1. The van der Waals surface area contributed by atoms with Gasteiger partial charge in [0.05, 0.1) is 30.0 Å². The van der Waals surface area contributed by atoms with Gasteiger partial charge in [-0.25, -0.2) is 0 Å². The van der Waals surface area contributed by atoms with E-state index in [-0.39, 0.29) is 42.6 Å². The average Bonchev–Trinajstić information content (AvgIpc) is 3.50. The Morgan fingerprint density at radius 3 is 2.31 bits per heavy atom. The van der Waals surface area contributed by atoms with Crippen LogP contribution < -0.4 is 0 Å². The number of esters is 1. The summed E-state index contributed by atoms with van der Waals surface area (Å²) in [5.41, 5.74) is -2.38. The fourth-order valence-corrected chi connectivity index (χ4v) is 7.74. The number of aliphatic hydroxyl groups is 1. The summed E-state index contributed by atoms with van der Waals surface area (Å²) in [7, 11) is 9.24. The number of hydrogen-bond acceptors (Lipinski definition) is 11. The summed E-state index contributed by atoms with van der Waals surface area (Å²) in [5.74, 6) is -1.54. The number of rotatable bonds is 9. The lowest BCUT2D eigenvalue weighted by atomic mass is 9.74. The molecule has 262 valence electrons. The number of carbonyl (C=O) groups excluding carboxylic acids is 2. The Morgan fingerprint density at radius 1 is 1.09 bits per heavy atom. The molecule has 11 nitrogen and oxygen atoms in total. The van der Waals surface area contributed by atoms with Crippen LogP contribution in [0.5, 0.6) is 0 Å². The first-order chi connectivity index (χ1) is 21.0. The first kappa shape index (κ1) is 38.3. The highest BCUT2D eigenvalue weighted by atomic mass is 16.7. The van der Waals surface area contributed by atoms with Crippen molar-refractivity contribution in [1.82, 2.24) is 14.7 Å². The lowest BCUT2D eigenvalue weighted by Crippen LogP contribution is -2.59. The molecule has 0 aromatic heterocycles. The molecule has 3 rings (SSSR count). The van der Waals surface area contributed by atoms with Crippen LogP contribution >= 0.6 is 0 Å². The maximum atomic E-state index is 14.2. The van der Waals surface area contributed by atoms with E-state index in [0.717, 1.165) is 26.1 Å². The van der Waals surface area contributed by atoms with Crippen molar-refractivity contribution in [2.24, 2.45) is 17.3 Å². The number of carbonyl (C=O) groups is 2. The minimum Gasteiger partial charge on any atom is -0.463 e. The zero-order chi connectivity index (χ0) is 33.7. The molecular weight excluding hydrogens is 578 g/mol. The van der Waals surface area contributed by atoms with Crippen LogP contribution in [0.3, 0.4) is 0 Å². The van der Waals surface area contributed by atoms with E-state index >= 15 is 0 Å². The van der Waals surface area contributed by atoms with Crippen LogP contribution in [0.2, 0.25) is 0 Å². The first-order valence-electron chi connectivity index (χ1n) is 16.9. The van der Waals surface area contributed by atoms with E-state index in [4.69, 9.17) is 23.7 Å². The predicted molar refractivity (Wildman–Crippen MR) is 173 cm³/mol. The Morgan fingerprint density at radius 2 is 1.73 bits per heavy atom. The number of cyclic esters (lactones) is 1. The zero-order valence-electron chi connectivity index (χ0n) is 29.9. The molecule has 0 spiro atoms. The minimum atomic E-state index is -1.44. The molecule has 10 atom stereocenters. The maximum Gasteiger partial charge on any atom is 0.319 e. The van der Waals surface area contributed by atoms with Gasteiger partial charge < -0.3 is 38.6 Å². The molecule has 45 heavy (non-hydrogen) atoms. The van der Waals surface area contributed by atoms with Gasteiger partial charge in [-0.05, 0) is 99.9 Å². The summed E-state index contributed by atoms with van der Waals surface area (Å²) in [5, 5.41) is 11.3. The van der Waals surface area contributed by atoms with Crippen LogP contribution in [0.1, 0.15) is 73.6 Å². The van der Waals surface area contributed by atoms with E-state index in [1.165, 1.54) is 12.8 Å². The predicted octanol–water partition coefficient (Wildman–Crippen LogP) is 2.82. The standard InChI is InChI=1S/C34H63N3O8/c1-22-19-34(6,42-11)30(45-31-28(38)25(35(7)8)18-23(2)44-31)24(3)29(39)33(4,5)32(40)43-21-26(36(9)20-22)27(41-10)14-17-37-15-12-13-16-37/h22-28,30-31,38H,12-21H2,1-11H3/t22-,23-,24+,25+,26+,27-,28-,30-,31+,34-/m1/s1. The van der Waals surface area contributed by atoms with Crippen LogP contribution in [0.15, 0.2) is 0 Å². The molecule has 3 heterocycles. The van der Waals surface area contributed by atoms with Gasteiger partial charge in [-0.3, -0.25) is 14.5 Å². The van der Waals surface area contributed by atoms with Crippen molar-refractivity contribution in [3.63, 3.8) is 0 Å². The molecule has 0 aromatic carbocycles. The highest BCUT2D eigenvalue weighted by Crippen LogP contribution is 2.38. The van der Waals surface area contributed by atoms with E-state index in [0.29, 0.717) is 19.4 Å². The first-order valence-corrected chi connectivity index (χ1v) is 16.9. The van der Waals surface area contributed by atoms with Crippen molar-refractivity contribution in [3.8, 4) is 0 Å². The maximum absolute atomic E-state index is 14.2. The van der Waals surface area contributed by atoms with E-state index in [1.54, 1.807) is 35.0 Å². The summed E-state index contributed by atoms with van der Waals surface area (Å²) in [6.45, 7) is 15.0. The third-order valence-corrected chi connectivity index (χ3v) is 10.6. The second-order valence-corrected chi connectivity index (χ2v) is 15.0. The van der Waals surface area contributed by atoms with Gasteiger partial charge in [0.15, 0.2) is 12.1 Å². The Balaban J connectivity index is 1.95. The van der Waals surface area contributed by atoms with Crippen LogP contribution in [0.4, 0.5) is 0 Å². The number of aliphatic hydroxyl groups excluding tert-OH is 1. The van der Waals surface area contributed by atoms with E-state index in [9.17, 15) is 14.7 Å². The Kier molecular flexibility index (Phi) is 13.8. The Labute approximate surface area is 272 Å². The van der Waals surface area contributed by atoms with E-state index in [1.807, 2.05) is 39.9 Å². The van der Waals surface area contributed by atoms with Crippen molar-refractivity contribution < 1.29 is 38.4 Å². The Hall–Kier alpha value is -1.18. The monoisotopic (exact) mass is 641 g/mol. The molecule has 3 aliphatic rings. The molecule has 3 fully saturated rings. The molecule has 0 amide bonds. The van der Waals surface area contributed by atoms with Gasteiger partial charge in [-0.1, -0.05) is 13.8 Å². The van der Waals surface area contributed by atoms with Crippen LogP contribution in [0.25, 0.3) is 0 Å². The second kappa shape index (κ2) is 16.3. The van der Waals surface area contributed by atoms with E-state index in [2.05, 4.69) is 16.7 Å². The van der Waals surface area contributed by atoms with Crippen molar-refractivity contribution >= 4 is 11.8 Å². The molecule has 3 aliphatic heterocycles. The fraction of sp³-hybridized carbons (Fsp3) is 0.941. The van der Waals surface area contributed by atoms with Crippen LogP contribution in [-0.2, 0) is 33.3 Å². The van der Waals surface area contributed by atoms with Gasteiger partial charge in [0, 0.05) is 39.3 Å².